The van der Waals surface area contributed by atoms with E-state index in [0.717, 1.165) is 21.4 Å². The van der Waals surface area contributed by atoms with Crippen LogP contribution in [0.5, 0.6) is 0 Å². The Balaban J connectivity index is 2.04. The lowest BCUT2D eigenvalue weighted by Crippen LogP contribution is -2.16. The van der Waals surface area contributed by atoms with Crippen molar-refractivity contribution in [2.45, 2.75) is 13.0 Å². The van der Waals surface area contributed by atoms with Crippen LogP contribution in [0, 0.1) is 12.7 Å². The Morgan fingerprint density at radius 3 is 2.64 bits per heavy atom. The van der Waals surface area contributed by atoms with Gasteiger partial charge in [-0.25, -0.2) is 14.4 Å². The number of hydrogen-bond donors (Lipinski definition) is 0. The molecule has 4 nitrogen and oxygen atoms in total. The molecule has 1 unspecified atom stereocenters. The maximum absolute atomic E-state index is 14.6. The van der Waals surface area contributed by atoms with Crippen molar-refractivity contribution >= 4 is 27.1 Å². The molecule has 0 saturated heterocycles. The molecule has 124 valence electrons. The first kappa shape index (κ1) is 15.9. The molecule has 0 aliphatic heterocycles. The third-order valence-electron chi connectivity index (χ3n) is 4.11. The van der Waals surface area contributed by atoms with Crippen molar-refractivity contribution in [2.24, 2.45) is 0 Å². The molecule has 4 aromatic rings. The number of imidazole rings is 1. The number of hydrogen-bond acceptors (Lipinski definition) is 3. The molecule has 0 bridgehead atoms. The van der Waals surface area contributed by atoms with Crippen LogP contribution in [0.4, 0.5) is 4.39 Å². The average Bonchev–Trinajstić information content (AvgIpc) is 2.93. The molecule has 4 rings (SSSR count). The van der Waals surface area contributed by atoms with E-state index in [2.05, 4.69) is 30.9 Å². The summed E-state index contributed by atoms with van der Waals surface area (Å²) in [6, 6.07) is 14.3. The van der Waals surface area contributed by atoms with Gasteiger partial charge in [-0.05, 0) is 46.6 Å². The molecule has 0 amide bonds. The smallest absolute Gasteiger partial charge is 0.177 e. The van der Waals surface area contributed by atoms with Gasteiger partial charge in [0.1, 0.15) is 23.4 Å². The highest BCUT2D eigenvalue weighted by Crippen LogP contribution is 2.32. The maximum atomic E-state index is 14.6. The van der Waals surface area contributed by atoms with Crippen LogP contribution in [0.2, 0.25) is 0 Å². The van der Waals surface area contributed by atoms with E-state index in [1.54, 1.807) is 18.5 Å². The Hall–Kier alpha value is -2.60. The predicted octanol–water partition coefficient (Wildman–Crippen LogP) is 4.67. The number of nitrogens with zero attached hydrogens (tertiary/aromatic N) is 4. The number of aromatic nitrogens is 4. The molecular formula is C19H14BrFN4. The van der Waals surface area contributed by atoms with Crippen LogP contribution < -0.4 is 0 Å². The van der Waals surface area contributed by atoms with E-state index < -0.39 is 6.04 Å². The fourth-order valence-corrected chi connectivity index (χ4v) is 3.38. The van der Waals surface area contributed by atoms with Crippen molar-refractivity contribution < 1.29 is 4.39 Å². The molecule has 3 aromatic heterocycles. The topological polar surface area (TPSA) is 43.6 Å². The summed E-state index contributed by atoms with van der Waals surface area (Å²) in [6.45, 7) is 1.90. The Kier molecular flexibility index (Phi) is 4.05. The zero-order valence-electron chi connectivity index (χ0n) is 13.4. The van der Waals surface area contributed by atoms with Crippen LogP contribution in [0.25, 0.3) is 11.2 Å². The fraction of sp³-hybridized carbons (Fsp3) is 0.105. The zero-order chi connectivity index (χ0) is 17.4. The van der Waals surface area contributed by atoms with Crippen molar-refractivity contribution in [2.75, 3.05) is 0 Å². The summed E-state index contributed by atoms with van der Waals surface area (Å²) < 4.78 is 17.4. The number of halogens is 2. The van der Waals surface area contributed by atoms with Crippen molar-refractivity contribution in [1.82, 2.24) is 19.5 Å². The van der Waals surface area contributed by atoms with Gasteiger partial charge < -0.3 is 4.57 Å². The molecule has 3 heterocycles. The Bertz CT molecular complexity index is 1050. The molecule has 0 N–H and O–H groups in total. The number of benzene rings is 1. The van der Waals surface area contributed by atoms with E-state index in [9.17, 15) is 4.39 Å². The van der Waals surface area contributed by atoms with Crippen molar-refractivity contribution in [1.29, 1.82) is 0 Å². The quantitative estimate of drug-likeness (QED) is 0.505. The predicted molar refractivity (Wildman–Crippen MR) is 97.8 cm³/mol. The molecule has 0 radical (unpaired) electrons. The number of aryl methyl sites for hydroxylation is 1. The highest BCUT2D eigenvalue weighted by molar-refractivity contribution is 9.10. The van der Waals surface area contributed by atoms with Crippen LogP contribution in [-0.4, -0.2) is 19.5 Å². The lowest BCUT2D eigenvalue weighted by molar-refractivity contribution is 0.556. The number of pyridine rings is 2. The second kappa shape index (κ2) is 6.37. The third-order valence-corrected chi connectivity index (χ3v) is 4.54. The van der Waals surface area contributed by atoms with Gasteiger partial charge in [0, 0.05) is 16.9 Å². The van der Waals surface area contributed by atoms with Gasteiger partial charge >= 0.3 is 0 Å². The van der Waals surface area contributed by atoms with Gasteiger partial charge in [-0.1, -0.05) is 30.3 Å². The van der Waals surface area contributed by atoms with Gasteiger partial charge in [-0.2, -0.15) is 0 Å². The van der Waals surface area contributed by atoms with E-state index in [4.69, 9.17) is 0 Å². The molecule has 0 aliphatic carbocycles. The fourth-order valence-electron chi connectivity index (χ4n) is 3.06. The standard InChI is InChI=1S/C19H14BrFN4/c1-12-24-19-16(10-14(20)11-23-19)25(12)18(13-6-3-2-4-7-13)17-15(21)8-5-9-22-17/h2-11,18H,1H3. The van der Waals surface area contributed by atoms with Crippen LogP contribution in [0.3, 0.4) is 0 Å². The second-order valence-electron chi connectivity index (χ2n) is 5.71. The summed E-state index contributed by atoms with van der Waals surface area (Å²) in [5.41, 5.74) is 2.74. The lowest BCUT2D eigenvalue weighted by Gasteiger charge is -2.21. The summed E-state index contributed by atoms with van der Waals surface area (Å²) in [4.78, 5) is 13.2. The van der Waals surface area contributed by atoms with Gasteiger partial charge in [0.2, 0.25) is 0 Å². The van der Waals surface area contributed by atoms with Crippen molar-refractivity contribution in [3.05, 3.63) is 88.3 Å². The summed E-state index contributed by atoms with van der Waals surface area (Å²) >= 11 is 3.46. The molecule has 0 fully saturated rings. The lowest BCUT2D eigenvalue weighted by atomic mass is 10.0. The summed E-state index contributed by atoms with van der Waals surface area (Å²) in [5.74, 6) is 0.403. The van der Waals surface area contributed by atoms with Gasteiger partial charge in [-0.15, -0.1) is 0 Å². The molecular weight excluding hydrogens is 383 g/mol. The average molecular weight is 397 g/mol. The highest BCUT2D eigenvalue weighted by atomic mass is 79.9. The third kappa shape index (κ3) is 2.82. The molecule has 0 aliphatic rings. The Morgan fingerprint density at radius 2 is 1.88 bits per heavy atom. The van der Waals surface area contributed by atoms with E-state index in [1.165, 1.54) is 6.07 Å². The maximum Gasteiger partial charge on any atom is 0.177 e. The van der Waals surface area contributed by atoms with Crippen LogP contribution in [0.15, 0.2) is 65.4 Å². The van der Waals surface area contributed by atoms with Gasteiger partial charge in [0.15, 0.2) is 5.65 Å². The van der Waals surface area contributed by atoms with Crippen molar-refractivity contribution in [3.8, 4) is 0 Å². The minimum Gasteiger partial charge on any atom is -0.313 e. The summed E-state index contributed by atoms with van der Waals surface area (Å²) in [7, 11) is 0. The van der Waals surface area contributed by atoms with E-state index in [0.29, 0.717) is 11.3 Å². The number of fused-ring (bicyclic) bond motifs is 1. The molecule has 1 aromatic carbocycles. The molecule has 25 heavy (non-hydrogen) atoms. The van der Waals surface area contributed by atoms with Gasteiger partial charge in [0.05, 0.1) is 5.52 Å². The normalized spacial score (nSPS) is 12.4. The summed E-state index contributed by atoms with van der Waals surface area (Å²) in [5, 5.41) is 0. The minimum atomic E-state index is -0.427. The first-order valence-electron chi connectivity index (χ1n) is 7.80. The highest BCUT2D eigenvalue weighted by Gasteiger charge is 2.25. The molecule has 0 saturated carbocycles. The molecule has 6 heteroatoms. The molecule has 0 spiro atoms. The first-order valence-corrected chi connectivity index (χ1v) is 8.60. The Morgan fingerprint density at radius 1 is 1.08 bits per heavy atom. The monoisotopic (exact) mass is 396 g/mol. The number of rotatable bonds is 3. The van der Waals surface area contributed by atoms with E-state index in [-0.39, 0.29) is 5.82 Å². The second-order valence-corrected chi connectivity index (χ2v) is 6.62. The minimum absolute atomic E-state index is 0.347. The van der Waals surface area contributed by atoms with E-state index in [1.807, 2.05) is 47.9 Å². The van der Waals surface area contributed by atoms with Crippen molar-refractivity contribution in [3.63, 3.8) is 0 Å². The van der Waals surface area contributed by atoms with Gasteiger partial charge in [0.25, 0.3) is 0 Å². The Labute approximate surface area is 152 Å². The first-order chi connectivity index (χ1) is 12.1. The van der Waals surface area contributed by atoms with Crippen LogP contribution in [0.1, 0.15) is 23.1 Å². The summed E-state index contributed by atoms with van der Waals surface area (Å²) in [6.07, 6.45) is 3.31. The van der Waals surface area contributed by atoms with Crippen LogP contribution in [-0.2, 0) is 0 Å². The van der Waals surface area contributed by atoms with Crippen LogP contribution >= 0.6 is 15.9 Å². The van der Waals surface area contributed by atoms with Gasteiger partial charge in [-0.3, -0.25) is 4.98 Å². The largest absolute Gasteiger partial charge is 0.313 e. The SMILES string of the molecule is Cc1nc2ncc(Br)cc2n1C(c1ccccc1)c1ncccc1F. The molecule has 1 atom stereocenters. The van der Waals surface area contributed by atoms with E-state index >= 15 is 0 Å². The zero-order valence-corrected chi connectivity index (χ0v) is 15.0.